The number of hydrogen-bond acceptors (Lipinski definition) is 6. The molecule has 0 aromatic carbocycles. The van der Waals surface area contributed by atoms with Crippen molar-refractivity contribution >= 4 is 17.5 Å². The summed E-state index contributed by atoms with van der Waals surface area (Å²) in [5, 5.41) is 7.33. The predicted octanol–water partition coefficient (Wildman–Crippen LogP) is 1.70. The van der Waals surface area contributed by atoms with Crippen LogP contribution in [-0.4, -0.2) is 37.9 Å². The Morgan fingerprint density at radius 2 is 2.20 bits per heavy atom. The van der Waals surface area contributed by atoms with Crippen LogP contribution in [-0.2, 0) is 13.5 Å². The van der Waals surface area contributed by atoms with Gasteiger partial charge in [0.15, 0.2) is 0 Å². The number of nitrogens with zero attached hydrogens (tertiary/aromatic N) is 5. The zero-order valence-corrected chi connectivity index (χ0v) is 12.3. The molecular formula is C12H17ClN6O. The Morgan fingerprint density at radius 3 is 2.90 bits per heavy atom. The third-order valence-electron chi connectivity index (χ3n) is 2.48. The van der Waals surface area contributed by atoms with Gasteiger partial charge in [-0.1, -0.05) is 6.92 Å². The molecule has 2 aromatic heterocycles. The van der Waals surface area contributed by atoms with Gasteiger partial charge in [-0.15, -0.1) is 0 Å². The normalized spacial score (nSPS) is 10.6. The van der Waals surface area contributed by atoms with Crippen molar-refractivity contribution in [1.29, 1.82) is 0 Å². The monoisotopic (exact) mass is 296 g/mol. The summed E-state index contributed by atoms with van der Waals surface area (Å²) in [4.78, 5) is 12.1. The summed E-state index contributed by atoms with van der Waals surface area (Å²) < 4.78 is 7.11. The number of aryl methyl sites for hydroxylation is 1. The van der Waals surface area contributed by atoms with Crippen molar-refractivity contribution in [3.63, 3.8) is 0 Å². The molecule has 0 saturated heterocycles. The first-order valence-electron chi connectivity index (χ1n) is 6.43. The van der Waals surface area contributed by atoms with Gasteiger partial charge in [0.1, 0.15) is 0 Å². The van der Waals surface area contributed by atoms with E-state index in [4.69, 9.17) is 16.3 Å². The number of anilines is 1. The van der Waals surface area contributed by atoms with Crippen molar-refractivity contribution < 1.29 is 4.74 Å². The van der Waals surface area contributed by atoms with Crippen molar-refractivity contribution in [3.05, 3.63) is 23.2 Å². The smallest absolute Gasteiger partial charge is 0.322 e. The van der Waals surface area contributed by atoms with E-state index < -0.39 is 0 Å². The predicted molar refractivity (Wildman–Crippen MR) is 76.0 cm³/mol. The van der Waals surface area contributed by atoms with Crippen molar-refractivity contribution in [3.8, 4) is 6.01 Å². The fourth-order valence-corrected chi connectivity index (χ4v) is 1.74. The molecule has 2 rings (SSSR count). The van der Waals surface area contributed by atoms with Crippen LogP contribution >= 0.6 is 11.6 Å². The second-order valence-corrected chi connectivity index (χ2v) is 4.60. The minimum absolute atomic E-state index is 0.120. The standard InChI is InChI=1S/C12H17ClN6O/c1-3-6-20-12-17-10(13)16-11(18-12)14-5-4-9-7-15-19(2)8-9/h7-8H,3-6H2,1-2H3,(H,14,16,17,18). The van der Waals surface area contributed by atoms with Crippen LogP contribution in [0.4, 0.5) is 5.95 Å². The van der Waals surface area contributed by atoms with E-state index in [9.17, 15) is 0 Å². The molecule has 0 fully saturated rings. The van der Waals surface area contributed by atoms with Crippen molar-refractivity contribution in [2.45, 2.75) is 19.8 Å². The summed E-state index contributed by atoms with van der Waals surface area (Å²) in [7, 11) is 1.89. The molecule has 0 aliphatic carbocycles. The molecule has 108 valence electrons. The van der Waals surface area contributed by atoms with Crippen LogP contribution in [0.15, 0.2) is 12.4 Å². The highest BCUT2D eigenvalue weighted by Crippen LogP contribution is 2.11. The van der Waals surface area contributed by atoms with Crippen LogP contribution in [0.2, 0.25) is 5.28 Å². The maximum atomic E-state index is 5.83. The van der Waals surface area contributed by atoms with E-state index in [0.717, 1.165) is 18.4 Å². The van der Waals surface area contributed by atoms with Gasteiger partial charge in [-0.25, -0.2) is 0 Å². The van der Waals surface area contributed by atoms with Crippen molar-refractivity contribution in [2.75, 3.05) is 18.5 Å². The molecule has 0 radical (unpaired) electrons. The van der Waals surface area contributed by atoms with Crippen LogP contribution in [0.3, 0.4) is 0 Å². The summed E-state index contributed by atoms with van der Waals surface area (Å²) in [6, 6.07) is 0.246. The third-order valence-corrected chi connectivity index (χ3v) is 2.65. The molecule has 2 heterocycles. The lowest BCUT2D eigenvalue weighted by molar-refractivity contribution is 0.291. The lowest BCUT2D eigenvalue weighted by Gasteiger charge is -2.06. The van der Waals surface area contributed by atoms with Gasteiger partial charge in [-0.2, -0.15) is 20.1 Å². The van der Waals surface area contributed by atoms with Gasteiger partial charge in [0.2, 0.25) is 11.2 Å². The zero-order chi connectivity index (χ0) is 14.4. The minimum atomic E-state index is 0.120. The fraction of sp³-hybridized carbons (Fsp3) is 0.500. The fourth-order valence-electron chi connectivity index (χ4n) is 1.59. The Kier molecular flexibility index (Phi) is 5.11. The maximum absolute atomic E-state index is 5.83. The number of nitrogens with one attached hydrogen (secondary N) is 1. The highest BCUT2D eigenvalue weighted by Gasteiger charge is 2.05. The van der Waals surface area contributed by atoms with Gasteiger partial charge >= 0.3 is 6.01 Å². The van der Waals surface area contributed by atoms with Crippen LogP contribution in [0.1, 0.15) is 18.9 Å². The van der Waals surface area contributed by atoms with E-state index >= 15 is 0 Å². The van der Waals surface area contributed by atoms with Gasteiger partial charge in [-0.05, 0) is 30.0 Å². The van der Waals surface area contributed by atoms with E-state index in [0.29, 0.717) is 19.1 Å². The van der Waals surface area contributed by atoms with Crippen molar-refractivity contribution in [2.24, 2.45) is 7.05 Å². The lowest BCUT2D eigenvalue weighted by atomic mass is 10.2. The summed E-state index contributed by atoms with van der Waals surface area (Å²) in [6.07, 6.45) is 5.51. The van der Waals surface area contributed by atoms with Gasteiger partial charge in [0, 0.05) is 19.8 Å². The first kappa shape index (κ1) is 14.5. The number of halogens is 1. The third kappa shape index (κ3) is 4.34. The van der Waals surface area contributed by atoms with Crippen LogP contribution in [0, 0.1) is 0 Å². The molecule has 2 aromatic rings. The highest BCUT2D eigenvalue weighted by molar-refractivity contribution is 6.28. The molecule has 20 heavy (non-hydrogen) atoms. The topological polar surface area (TPSA) is 77.8 Å². The Bertz CT molecular complexity index is 559. The van der Waals surface area contributed by atoms with Gasteiger partial charge < -0.3 is 10.1 Å². The van der Waals surface area contributed by atoms with Crippen LogP contribution in [0.5, 0.6) is 6.01 Å². The minimum Gasteiger partial charge on any atom is -0.463 e. The largest absolute Gasteiger partial charge is 0.463 e. The molecule has 0 atom stereocenters. The van der Waals surface area contributed by atoms with E-state index in [1.807, 2.05) is 26.4 Å². The lowest BCUT2D eigenvalue weighted by Crippen LogP contribution is -2.10. The maximum Gasteiger partial charge on any atom is 0.322 e. The molecule has 0 saturated carbocycles. The average Bonchev–Trinajstić information content (AvgIpc) is 2.81. The van der Waals surface area contributed by atoms with E-state index in [1.54, 1.807) is 4.68 Å². The Balaban J connectivity index is 1.89. The number of aromatic nitrogens is 5. The first-order valence-corrected chi connectivity index (χ1v) is 6.81. The first-order chi connectivity index (χ1) is 9.67. The molecule has 0 aliphatic rings. The van der Waals surface area contributed by atoms with Crippen molar-refractivity contribution in [1.82, 2.24) is 24.7 Å². The summed E-state index contributed by atoms with van der Waals surface area (Å²) >= 11 is 5.83. The molecule has 0 unspecified atom stereocenters. The molecular weight excluding hydrogens is 280 g/mol. The van der Waals surface area contributed by atoms with Gasteiger partial charge in [0.25, 0.3) is 0 Å². The number of rotatable bonds is 7. The second kappa shape index (κ2) is 7.04. The SMILES string of the molecule is CCCOc1nc(Cl)nc(NCCc2cnn(C)c2)n1. The number of hydrogen-bond donors (Lipinski definition) is 1. The second-order valence-electron chi connectivity index (χ2n) is 4.26. The van der Waals surface area contributed by atoms with E-state index in [2.05, 4.69) is 25.4 Å². The zero-order valence-electron chi connectivity index (χ0n) is 11.5. The summed E-state index contributed by atoms with van der Waals surface area (Å²) in [5.41, 5.74) is 1.14. The molecule has 7 nitrogen and oxygen atoms in total. The summed E-state index contributed by atoms with van der Waals surface area (Å²) in [6.45, 7) is 3.24. The Hall–Kier alpha value is -1.89. The molecule has 8 heteroatoms. The Morgan fingerprint density at radius 1 is 1.35 bits per heavy atom. The number of ether oxygens (including phenoxy) is 1. The molecule has 0 aliphatic heterocycles. The highest BCUT2D eigenvalue weighted by atomic mass is 35.5. The quantitative estimate of drug-likeness (QED) is 0.838. The summed E-state index contributed by atoms with van der Waals surface area (Å²) in [5.74, 6) is 0.417. The van der Waals surface area contributed by atoms with Crippen LogP contribution in [0.25, 0.3) is 0 Å². The molecule has 0 spiro atoms. The van der Waals surface area contributed by atoms with E-state index in [-0.39, 0.29) is 11.3 Å². The van der Waals surface area contributed by atoms with Gasteiger partial charge in [-0.3, -0.25) is 4.68 Å². The van der Waals surface area contributed by atoms with E-state index in [1.165, 1.54) is 0 Å². The van der Waals surface area contributed by atoms with Gasteiger partial charge in [0.05, 0.1) is 12.8 Å². The molecule has 0 amide bonds. The Labute approximate surface area is 122 Å². The molecule has 1 N–H and O–H groups in total. The average molecular weight is 297 g/mol. The van der Waals surface area contributed by atoms with Crippen LogP contribution < -0.4 is 10.1 Å². The molecule has 0 bridgehead atoms.